The van der Waals surface area contributed by atoms with Crippen LogP contribution in [0, 0.1) is 0 Å². The molecule has 138 valence electrons. The number of hydrogen-bond acceptors (Lipinski definition) is 5. The number of carboxylic acid groups (broad SMARTS) is 1. The molecular weight excluding hydrogens is 402 g/mol. The minimum absolute atomic E-state index is 0.0674. The molecule has 9 heteroatoms. The second-order valence-electron chi connectivity index (χ2n) is 6.29. The standard InChI is InChI=1S/C17H20BrN5O3/c1-11-9-22(17(25)26)5-6-23(11)13-3-4-15(19-8-13)20-14-7-12(18)10-21(2)16(14)24/h3-4,7-8,10-11H,5-6,9H2,1-2H3,(H,19,20)(H,25,26)/t11-/m0/s1. The fourth-order valence-corrected chi connectivity index (χ4v) is 3.58. The Morgan fingerprint density at radius 2 is 2.15 bits per heavy atom. The van der Waals surface area contributed by atoms with Crippen molar-refractivity contribution in [2.24, 2.45) is 7.05 Å². The van der Waals surface area contributed by atoms with E-state index >= 15 is 0 Å². The van der Waals surface area contributed by atoms with Gasteiger partial charge in [0.25, 0.3) is 5.56 Å². The van der Waals surface area contributed by atoms with Crippen LogP contribution in [-0.4, -0.2) is 51.3 Å². The van der Waals surface area contributed by atoms with Gasteiger partial charge in [-0.05, 0) is 41.1 Å². The zero-order valence-electron chi connectivity index (χ0n) is 14.5. The smallest absolute Gasteiger partial charge is 0.407 e. The first-order valence-electron chi connectivity index (χ1n) is 8.19. The van der Waals surface area contributed by atoms with E-state index in [4.69, 9.17) is 5.11 Å². The number of anilines is 3. The predicted octanol–water partition coefficient (Wildman–Crippen LogP) is 2.47. The molecule has 2 aromatic heterocycles. The van der Waals surface area contributed by atoms with Crippen molar-refractivity contribution in [1.82, 2.24) is 14.5 Å². The van der Waals surface area contributed by atoms with E-state index < -0.39 is 6.09 Å². The van der Waals surface area contributed by atoms with Crippen LogP contribution in [0.15, 0.2) is 39.9 Å². The van der Waals surface area contributed by atoms with E-state index in [1.807, 2.05) is 19.1 Å². The van der Waals surface area contributed by atoms with Gasteiger partial charge >= 0.3 is 6.09 Å². The molecule has 1 saturated heterocycles. The molecule has 2 aromatic rings. The van der Waals surface area contributed by atoms with Crippen molar-refractivity contribution in [3.8, 4) is 0 Å². The van der Waals surface area contributed by atoms with Crippen LogP contribution in [0.2, 0.25) is 0 Å². The molecule has 1 aliphatic rings. The Hall–Kier alpha value is -2.55. The van der Waals surface area contributed by atoms with Crippen LogP contribution in [0.3, 0.4) is 0 Å². The summed E-state index contributed by atoms with van der Waals surface area (Å²) in [6, 6.07) is 5.51. The van der Waals surface area contributed by atoms with E-state index in [0.717, 1.165) is 10.2 Å². The quantitative estimate of drug-likeness (QED) is 0.790. The highest BCUT2D eigenvalue weighted by Crippen LogP contribution is 2.22. The van der Waals surface area contributed by atoms with Gasteiger partial charge in [-0.15, -0.1) is 0 Å². The second kappa shape index (κ2) is 7.36. The second-order valence-corrected chi connectivity index (χ2v) is 7.20. The number of pyridine rings is 2. The third kappa shape index (κ3) is 3.82. The number of aryl methyl sites for hydroxylation is 1. The van der Waals surface area contributed by atoms with Crippen LogP contribution in [0.4, 0.5) is 22.0 Å². The molecule has 1 fully saturated rings. The number of carbonyl (C=O) groups is 1. The summed E-state index contributed by atoms with van der Waals surface area (Å²) in [6.45, 7) is 3.54. The lowest BCUT2D eigenvalue weighted by molar-refractivity contribution is 0.136. The molecule has 0 aromatic carbocycles. The number of nitrogens with zero attached hydrogens (tertiary/aromatic N) is 4. The Morgan fingerprint density at radius 1 is 1.38 bits per heavy atom. The molecule has 1 atom stereocenters. The summed E-state index contributed by atoms with van der Waals surface area (Å²) in [5, 5.41) is 12.1. The summed E-state index contributed by atoms with van der Waals surface area (Å²) in [5.74, 6) is 0.570. The van der Waals surface area contributed by atoms with E-state index in [0.29, 0.717) is 31.1 Å². The molecule has 0 aliphatic carbocycles. The highest BCUT2D eigenvalue weighted by Gasteiger charge is 2.26. The maximum atomic E-state index is 12.2. The van der Waals surface area contributed by atoms with Crippen LogP contribution in [0.25, 0.3) is 0 Å². The van der Waals surface area contributed by atoms with Crippen LogP contribution >= 0.6 is 15.9 Å². The molecule has 1 aliphatic heterocycles. The molecule has 2 N–H and O–H groups in total. The number of piperazine rings is 1. The number of rotatable bonds is 3. The summed E-state index contributed by atoms with van der Waals surface area (Å²) in [6.07, 6.45) is 2.55. The van der Waals surface area contributed by atoms with Crippen LogP contribution in [0.1, 0.15) is 6.92 Å². The van der Waals surface area contributed by atoms with Gasteiger partial charge in [0.15, 0.2) is 0 Å². The summed E-state index contributed by atoms with van der Waals surface area (Å²) in [7, 11) is 1.69. The van der Waals surface area contributed by atoms with Crippen molar-refractivity contribution < 1.29 is 9.90 Å². The fourth-order valence-electron chi connectivity index (χ4n) is 3.04. The lowest BCUT2D eigenvalue weighted by Gasteiger charge is -2.39. The van der Waals surface area contributed by atoms with Crippen LogP contribution in [0.5, 0.6) is 0 Å². The van der Waals surface area contributed by atoms with Gasteiger partial charge in [0.1, 0.15) is 11.5 Å². The summed E-state index contributed by atoms with van der Waals surface area (Å²) < 4.78 is 2.29. The van der Waals surface area contributed by atoms with Crippen molar-refractivity contribution in [2.75, 3.05) is 29.9 Å². The van der Waals surface area contributed by atoms with Gasteiger partial charge in [0.05, 0.1) is 11.9 Å². The highest BCUT2D eigenvalue weighted by molar-refractivity contribution is 9.10. The number of hydrogen-bond donors (Lipinski definition) is 2. The van der Waals surface area contributed by atoms with Crippen LogP contribution in [-0.2, 0) is 7.05 Å². The zero-order valence-corrected chi connectivity index (χ0v) is 16.1. The average molecular weight is 422 g/mol. The minimum Gasteiger partial charge on any atom is -0.465 e. The molecule has 26 heavy (non-hydrogen) atoms. The van der Waals surface area contributed by atoms with Crippen molar-refractivity contribution in [2.45, 2.75) is 13.0 Å². The molecule has 0 unspecified atom stereocenters. The van der Waals surface area contributed by atoms with Gasteiger partial charge in [-0.2, -0.15) is 0 Å². The monoisotopic (exact) mass is 421 g/mol. The molecule has 3 heterocycles. The Kier molecular flexibility index (Phi) is 5.17. The third-order valence-corrected chi connectivity index (χ3v) is 4.82. The van der Waals surface area contributed by atoms with Gasteiger partial charge in [-0.25, -0.2) is 9.78 Å². The molecule has 0 radical (unpaired) electrons. The number of amides is 1. The van der Waals surface area contributed by atoms with E-state index in [1.54, 1.807) is 25.5 Å². The Morgan fingerprint density at radius 3 is 2.77 bits per heavy atom. The first-order chi connectivity index (χ1) is 12.3. The largest absolute Gasteiger partial charge is 0.465 e. The van der Waals surface area contributed by atoms with Crippen molar-refractivity contribution in [3.05, 3.63) is 45.4 Å². The molecular formula is C17H20BrN5O3. The molecule has 0 spiro atoms. The molecule has 0 saturated carbocycles. The number of aromatic nitrogens is 2. The summed E-state index contributed by atoms with van der Waals surface area (Å²) >= 11 is 3.37. The van der Waals surface area contributed by atoms with Gasteiger partial charge < -0.3 is 24.8 Å². The molecule has 1 amide bonds. The summed E-state index contributed by atoms with van der Waals surface area (Å²) in [4.78, 5) is 31.2. The maximum absolute atomic E-state index is 12.2. The Bertz CT molecular complexity index is 868. The van der Waals surface area contributed by atoms with Gasteiger partial charge in [0, 0.05) is 43.4 Å². The molecule has 8 nitrogen and oxygen atoms in total. The van der Waals surface area contributed by atoms with E-state index in [9.17, 15) is 9.59 Å². The SMILES string of the molecule is C[C@H]1CN(C(=O)O)CCN1c1ccc(Nc2cc(Br)cn(C)c2=O)nc1. The van der Waals surface area contributed by atoms with Crippen molar-refractivity contribution in [1.29, 1.82) is 0 Å². The van der Waals surface area contributed by atoms with Gasteiger partial charge in [0.2, 0.25) is 0 Å². The fraction of sp³-hybridized carbons (Fsp3) is 0.353. The predicted molar refractivity (Wildman–Crippen MR) is 103 cm³/mol. The third-order valence-electron chi connectivity index (χ3n) is 4.39. The van der Waals surface area contributed by atoms with E-state index in [2.05, 4.69) is 31.1 Å². The minimum atomic E-state index is -0.884. The normalized spacial score (nSPS) is 17.3. The first-order valence-corrected chi connectivity index (χ1v) is 8.98. The highest BCUT2D eigenvalue weighted by atomic mass is 79.9. The van der Waals surface area contributed by atoms with Crippen molar-refractivity contribution in [3.63, 3.8) is 0 Å². The molecule has 3 rings (SSSR count). The number of halogens is 1. The lowest BCUT2D eigenvalue weighted by atomic mass is 10.2. The lowest BCUT2D eigenvalue weighted by Crippen LogP contribution is -2.53. The van der Waals surface area contributed by atoms with Crippen LogP contribution < -0.4 is 15.8 Å². The number of nitrogens with one attached hydrogen (secondary N) is 1. The topological polar surface area (TPSA) is 90.7 Å². The molecule has 0 bridgehead atoms. The van der Waals surface area contributed by atoms with Gasteiger partial charge in [-0.3, -0.25) is 4.79 Å². The van der Waals surface area contributed by atoms with E-state index in [1.165, 1.54) is 9.47 Å². The maximum Gasteiger partial charge on any atom is 0.407 e. The Labute approximate surface area is 159 Å². The zero-order chi connectivity index (χ0) is 18.8. The average Bonchev–Trinajstić information content (AvgIpc) is 2.60. The summed E-state index contributed by atoms with van der Waals surface area (Å²) in [5.41, 5.74) is 1.22. The van der Waals surface area contributed by atoms with Gasteiger partial charge in [-0.1, -0.05) is 0 Å². The Balaban J connectivity index is 1.73. The first kappa shape index (κ1) is 18.2. The van der Waals surface area contributed by atoms with Crippen molar-refractivity contribution >= 4 is 39.2 Å². The van der Waals surface area contributed by atoms with E-state index in [-0.39, 0.29) is 11.6 Å².